The number of ether oxygens (including phenoxy) is 1. The lowest BCUT2D eigenvalue weighted by Gasteiger charge is -2.44. The van der Waals surface area contributed by atoms with Crippen LogP contribution < -0.4 is 15.4 Å². The fourth-order valence-electron chi connectivity index (χ4n) is 4.14. The first-order chi connectivity index (χ1) is 14.7. The molecule has 168 valence electrons. The van der Waals surface area contributed by atoms with E-state index in [-0.39, 0.29) is 11.3 Å². The monoisotopic (exact) mass is 449 g/mol. The van der Waals surface area contributed by atoms with Crippen LogP contribution >= 0.6 is 0 Å². The number of nitrogens with zero attached hydrogens (tertiary/aromatic N) is 1. The highest BCUT2D eigenvalue weighted by Crippen LogP contribution is 2.40. The van der Waals surface area contributed by atoms with Gasteiger partial charge in [-0.3, -0.25) is 4.79 Å². The van der Waals surface area contributed by atoms with Crippen LogP contribution in [0.2, 0.25) is 0 Å². The highest BCUT2D eigenvalue weighted by molar-refractivity contribution is 7.89. The molecule has 1 atom stereocenters. The molecule has 7 nitrogen and oxygen atoms in total. The van der Waals surface area contributed by atoms with Crippen LogP contribution in [0.4, 0.5) is 4.39 Å². The quantitative estimate of drug-likeness (QED) is 0.676. The van der Waals surface area contributed by atoms with Gasteiger partial charge in [-0.2, -0.15) is 0 Å². The normalized spacial score (nSPS) is 17.2. The minimum Gasteiger partial charge on any atom is -0.496 e. The number of methoxy groups -OCH3 is 1. The van der Waals surface area contributed by atoms with E-state index in [0.717, 1.165) is 15.9 Å². The van der Waals surface area contributed by atoms with E-state index in [2.05, 4.69) is 10.6 Å². The van der Waals surface area contributed by atoms with Gasteiger partial charge in [0.15, 0.2) is 5.37 Å². The first kappa shape index (κ1) is 23.2. The lowest BCUT2D eigenvalue weighted by atomic mass is 9.72. The van der Waals surface area contributed by atoms with Crippen molar-refractivity contribution in [2.45, 2.75) is 23.6 Å². The molecule has 0 bridgehead atoms. The molecule has 0 aliphatic carbocycles. The molecule has 31 heavy (non-hydrogen) atoms. The van der Waals surface area contributed by atoms with Crippen molar-refractivity contribution in [3.63, 3.8) is 0 Å². The van der Waals surface area contributed by atoms with Crippen LogP contribution in [-0.2, 0) is 15.4 Å². The van der Waals surface area contributed by atoms with Crippen molar-refractivity contribution in [1.82, 2.24) is 14.9 Å². The predicted molar refractivity (Wildman–Crippen MR) is 117 cm³/mol. The third-order valence-corrected chi connectivity index (χ3v) is 8.02. The summed E-state index contributed by atoms with van der Waals surface area (Å²) in [5.41, 5.74) is -0.391. The number of hydrogen-bond acceptors (Lipinski definition) is 5. The van der Waals surface area contributed by atoms with E-state index in [4.69, 9.17) is 4.74 Å². The Morgan fingerprint density at radius 3 is 2.35 bits per heavy atom. The molecule has 2 aromatic carbocycles. The molecule has 3 rings (SSSR count). The van der Waals surface area contributed by atoms with Crippen LogP contribution in [-0.4, -0.2) is 58.3 Å². The second-order valence-corrected chi connectivity index (χ2v) is 10.0. The van der Waals surface area contributed by atoms with Gasteiger partial charge in [0, 0.05) is 19.5 Å². The van der Waals surface area contributed by atoms with Gasteiger partial charge in [0.05, 0.1) is 7.11 Å². The molecular weight excluding hydrogens is 421 g/mol. The van der Waals surface area contributed by atoms with Gasteiger partial charge in [0.2, 0.25) is 10.0 Å². The maximum atomic E-state index is 14.5. The molecule has 0 radical (unpaired) electrons. The molecule has 1 aliphatic rings. The molecule has 1 unspecified atom stereocenters. The minimum absolute atomic E-state index is 0.0394. The summed E-state index contributed by atoms with van der Waals surface area (Å²) in [6.07, 6.45) is 0.979. The van der Waals surface area contributed by atoms with Gasteiger partial charge in [-0.15, -0.1) is 0 Å². The largest absolute Gasteiger partial charge is 0.496 e. The van der Waals surface area contributed by atoms with Gasteiger partial charge in [-0.25, -0.2) is 17.1 Å². The number of carbonyl (C=O) groups excluding carboxylic acids is 1. The van der Waals surface area contributed by atoms with Crippen molar-refractivity contribution >= 4 is 15.9 Å². The highest BCUT2D eigenvalue weighted by Gasteiger charge is 2.50. The fourth-order valence-corrected chi connectivity index (χ4v) is 5.76. The maximum absolute atomic E-state index is 14.5. The van der Waals surface area contributed by atoms with Crippen molar-refractivity contribution in [3.8, 4) is 5.75 Å². The number of benzene rings is 2. The Hall–Kier alpha value is -2.49. The molecule has 9 heteroatoms. The van der Waals surface area contributed by atoms with E-state index >= 15 is 0 Å². The molecule has 1 amide bonds. The van der Waals surface area contributed by atoms with E-state index in [9.17, 15) is 17.6 Å². The van der Waals surface area contributed by atoms with E-state index in [1.807, 2.05) is 30.3 Å². The molecule has 1 aliphatic heterocycles. The van der Waals surface area contributed by atoms with Gasteiger partial charge < -0.3 is 15.4 Å². The van der Waals surface area contributed by atoms with E-state index in [0.29, 0.717) is 25.9 Å². The zero-order valence-corrected chi connectivity index (χ0v) is 18.7. The summed E-state index contributed by atoms with van der Waals surface area (Å²) >= 11 is 0. The van der Waals surface area contributed by atoms with Gasteiger partial charge in [0.25, 0.3) is 5.91 Å². The number of amides is 1. The summed E-state index contributed by atoms with van der Waals surface area (Å²) in [7, 11) is 0.218. The Bertz CT molecular complexity index is 1020. The van der Waals surface area contributed by atoms with E-state index in [1.54, 1.807) is 0 Å². The van der Waals surface area contributed by atoms with Crippen LogP contribution in [0, 0.1) is 5.82 Å². The summed E-state index contributed by atoms with van der Waals surface area (Å²) in [4.78, 5) is 13.2. The third-order valence-electron chi connectivity index (χ3n) is 5.84. The number of hydrogen-bond donors (Lipinski definition) is 2. The third kappa shape index (κ3) is 4.44. The van der Waals surface area contributed by atoms with Crippen LogP contribution in [0.5, 0.6) is 5.75 Å². The summed E-state index contributed by atoms with van der Waals surface area (Å²) in [5.74, 6) is -1.58. The zero-order valence-electron chi connectivity index (χ0n) is 17.9. The smallest absolute Gasteiger partial charge is 0.259 e. The number of piperidine rings is 1. The maximum Gasteiger partial charge on any atom is 0.259 e. The van der Waals surface area contributed by atoms with Gasteiger partial charge in [-0.1, -0.05) is 36.4 Å². The molecule has 2 aromatic rings. The second kappa shape index (κ2) is 9.33. The molecule has 0 aromatic heterocycles. The number of sulfonamides is 1. The van der Waals surface area contributed by atoms with Crippen LogP contribution in [0.15, 0.2) is 48.5 Å². The Balaban J connectivity index is 2.14. The van der Waals surface area contributed by atoms with E-state index < -0.39 is 32.5 Å². The minimum atomic E-state index is -3.97. The SMILES string of the molecule is COc1cccc(F)c1C(=O)NC(C1(c2ccccc2)CCNCC1)S(=O)(=O)N(C)C. The lowest BCUT2D eigenvalue weighted by Crippen LogP contribution is -2.60. The standard InChI is InChI=1S/C22H28FN3O4S/c1-26(2)31(28,29)21(25-20(27)19-17(23)10-7-11-18(19)30-3)22(12-14-24-15-13-22)16-8-5-4-6-9-16/h4-11,21,24H,12-15H2,1-3H3,(H,25,27). The van der Waals surface area contributed by atoms with Gasteiger partial charge in [-0.05, 0) is 43.6 Å². The number of rotatable bonds is 7. The summed E-state index contributed by atoms with van der Waals surface area (Å²) in [5, 5.41) is 4.62. The van der Waals surface area contributed by atoms with Gasteiger partial charge in [0.1, 0.15) is 17.1 Å². The zero-order chi connectivity index (χ0) is 22.6. The average Bonchev–Trinajstić information content (AvgIpc) is 2.77. The molecule has 0 spiro atoms. The Morgan fingerprint density at radius 1 is 1.13 bits per heavy atom. The van der Waals surface area contributed by atoms with Crippen LogP contribution in [0.3, 0.4) is 0 Å². The Labute approximate surface area is 182 Å². The molecule has 1 heterocycles. The van der Waals surface area contributed by atoms with Crippen molar-refractivity contribution in [2.24, 2.45) is 0 Å². The molecular formula is C22H28FN3O4S. The molecule has 2 N–H and O–H groups in total. The van der Waals surface area contributed by atoms with Crippen molar-refractivity contribution in [2.75, 3.05) is 34.3 Å². The second-order valence-electron chi connectivity index (χ2n) is 7.77. The highest BCUT2D eigenvalue weighted by atomic mass is 32.2. The predicted octanol–water partition coefficient (Wildman–Crippen LogP) is 2.10. The Morgan fingerprint density at radius 2 is 1.77 bits per heavy atom. The summed E-state index contributed by atoms with van der Waals surface area (Å²) in [6, 6.07) is 13.3. The Kier molecular flexibility index (Phi) is 6.98. The number of halogens is 1. The van der Waals surface area contributed by atoms with Crippen molar-refractivity contribution < 1.29 is 22.3 Å². The molecule has 1 saturated heterocycles. The van der Waals surface area contributed by atoms with Crippen molar-refractivity contribution in [3.05, 3.63) is 65.5 Å². The fraction of sp³-hybridized carbons (Fsp3) is 0.409. The first-order valence-electron chi connectivity index (χ1n) is 10.0. The van der Waals surface area contributed by atoms with Gasteiger partial charge >= 0.3 is 0 Å². The molecule has 0 saturated carbocycles. The first-order valence-corrected chi connectivity index (χ1v) is 11.6. The lowest BCUT2D eigenvalue weighted by molar-refractivity contribution is 0.0916. The van der Waals surface area contributed by atoms with Crippen LogP contribution in [0.1, 0.15) is 28.8 Å². The van der Waals surface area contributed by atoms with E-state index in [1.165, 1.54) is 33.3 Å². The van der Waals surface area contributed by atoms with Crippen LogP contribution in [0.25, 0.3) is 0 Å². The number of nitrogens with one attached hydrogen (secondary N) is 2. The average molecular weight is 450 g/mol. The topological polar surface area (TPSA) is 87.7 Å². The number of carbonyl (C=O) groups is 1. The summed E-state index contributed by atoms with van der Waals surface area (Å²) < 4.78 is 47.8. The summed E-state index contributed by atoms with van der Waals surface area (Å²) in [6.45, 7) is 1.18. The van der Waals surface area contributed by atoms with Crippen molar-refractivity contribution in [1.29, 1.82) is 0 Å². The molecule has 1 fully saturated rings.